The Labute approximate surface area is 187 Å². The molecule has 0 saturated carbocycles. The molecule has 1 saturated heterocycles. The van der Waals surface area contributed by atoms with Gasteiger partial charge in [-0.15, -0.1) is 0 Å². The number of hydrogen-bond donors (Lipinski definition) is 1. The summed E-state index contributed by atoms with van der Waals surface area (Å²) in [6.07, 6.45) is 3.74. The van der Waals surface area contributed by atoms with E-state index in [0.717, 1.165) is 29.6 Å². The molecule has 7 heteroatoms. The van der Waals surface area contributed by atoms with E-state index in [1.54, 1.807) is 35.2 Å². The van der Waals surface area contributed by atoms with Crippen LogP contribution in [0.4, 0.5) is 0 Å². The summed E-state index contributed by atoms with van der Waals surface area (Å²) < 4.78 is 7.35. The lowest BCUT2D eigenvalue weighted by Gasteiger charge is -2.33. The van der Waals surface area contributed by atoms with Crippen LogP contribution >= 0.6 is 0 Å². The molecule has 7 nitrogen and oxygen atoms in total. The normalized spacial score (nSPS) is 15.1. The summed E-state index contributed by atoms with van der Waals surface area (Å²) in [5.74, 6) is -0.104. The lowest BCUT2D eigenvalue weighted by molar-refractivity contribution is -0.128. The third-order valence-corrected chi connectivity index (χ3v) is 5.85. The standard InChI is InChI=1S/C25H28N4O3/c1-27-12-14-29(15-13-27)25(31)21(26-24(30)20-9-5-7-11-23(20)32-3)16-18-17-28(2)22-10-6-4-8-19(18)22/h4-11,16-17H,12-15H2,1-3H3,(H,26,30). The summed E-state index contributed by atoms with van der Waals surface area (Å²) in [4.78, 5) is 30.6. The third kappa shape index (κ3) is 4.38. The number of methoxy groups -OCH3 is 1. The first kappa shape index (κ1) is 21.6. The van der Waals surface area contributed by atoms with Crippen molar-refractivity contribution in [3.63, 3.8) is 0 Å². The van der Waals surface area contributed by atoms with Crippen molar-refractivity contribution < 1.29 is 14.3 Å². The Hall–Kier alpha value is -3.58. The van der Waals surface area contributed by atoms with Crippen LogP contribution < -0.4 is 10.1 Å². The van der Waals surface area contributed by atoms with Crippen LogP contribution in [-0.2, 0) is 11.8 Å². The molecule has 1 aliphatic rings. The van der Waals surface area contributed by atoms with Crippen molar-refractivity contribution in [2.75, 3.05) is 40.3 Å². The summed E-state index contributed by atoms with van der Waals surface area (Å²) in [5.41, 5.74) is 2.56. The van der Waals surface area contributed by atoms with E-state index in [-0.39, 0.29) is 17.5 Å². The molecule has 4 rings (SSSR count). The van der Waals surface area contributed by atoms with Crippen LogP contribution in [0.5, 0.6) is 5.75 Å². The lowest BCUT2D eigenvalue weighted by atomic mass is 10.1. The van der Waals surface area contributed by atoms with Gasteiger partial charge in [-0.3, -0.25) is 9.59 Å². The number of rotatable bonds is 5. The molecule has 1 N–H and O–H groups in total. The summed E-state index contributed by atoms with van der Waals surface area (Å²) in [6.45, 7) is 2.83. The number of amides is 2. The van der Waals surface area contributed by atoms with Crippen molar-refractivity contribution in [1.29, 1.82) is 0 Å². The number of nitrogens with one attached hydrogen (secondary N) is 1. The molecule has 0 radical (unpaired) electrons. The van der Waals surface area contributed by atoms with Crippen molar-refractivity contribution >= 4 is 28.8 Å². The number of likely N-dealkylation sites (N-methyl/N-ethyl adjacent to an activating group) is 1. The molecule has 0 atom stereocenters. The predicted octanol–water partition coefficient (Wildman–Crippen LogP) is 2.73. The zero-order valence-corrected chi connectivity index (χ0v) is 18.7. The van der Waals surface area contributed by atoms with E-state index >= 15 is 0 Å². The Morgan fingerprint density at radius 3 is 2.41 bits per heavy atom. The minimum atomic E-state index is -0.378. The van der Waals surface area contributed by atoms with Gasteiger partial charge in [0, 0.05) is 55.9 Å². The quantitative estimate of drug-likeness (QED) is 0.630. The summed E-state index contributed by atoms with van der Waals surface area (Å²) >= 11 is 0. The van der Waals surface area contributed by atoms with Gasteiger partial charge in [0.2, 0.25) is 0 Å². The fourth-order valence-electron chi connectivity index (χ4n) is 4.00. The average molecular weight is 433 g/mol. The van der Waals surface area contributed by atoms with Crippen LogP contribution in [0.25, 0.3) is 17.0 Å². The first-order valence-corrected chi connectivity index (χ1v) is 10.7. The van der Waals surface area contributed by atoms with Gasteiger partial charge in [-0.1, -0.05) is 30.3 Å². The zero-order valence-electron chi connectivity index (χ0n) is 18.7. The van der Waals surface area contributed by atoms with Crippen molar-refractivity contribution in [1.82, 2.24) is 19.7 Å². The third-order valence-electron chi connectivity index (χ3n) is 5.85. The van der Waals surface area contributed by atoms with E-state index in [9.17, 15) is 9.59 Å². The maximum atomic E-state index is 13.5. The minimum Gasteiger partial charge on any atom is -0.496 e. The van der Waals surface area contributed by atoms with E-state index in [4.69, 9.17) is 4.74 Å². The molecule has 0 aliphatic carbocycles. The molecule has 32 heavy (non-hydrogen) atoms. The Morgan fingerprint density at radius 2 is 1.66 bits per heavy atom. The molecular weight excluding hydrogens is 404 g/mol. The smallest absolute Gasteiger partial charge is 0.270 e. The Kier molecular flexibility index (Phi) is 6.28. The van der Waals surface area contributed by atoms with Crippen molar-refractivity contribution in [2.24, 2.45) is 7.05 Å². The number of aryl methyl sites for hydroxylation is 1. The molecule has 0 spiro atoms. The van der Waals surface area contributed by atoms with Crippen LogP contribution in [0.15, 0.2) is 60.4 Å². The predicted molar refractivity (Wildman–Crippen MR) is 125 cm³/mol. The molecule has 166 valence electrons. The van der Waals surface area contributed by atoms with Crippen molar-refractivity contribution in [2.45, 2.75) is 0 Å². The molecule has 2 heterocycles. The van der Waals surface area contributed by atoms with E-state index in [2.05, 4.69) is 10.2 Å². The maximum Gasteiger partial charge on any atom is 0.270 e. The Bertz CT molecular complexity index is 1170. The number of ether oxygens (including phenoxy) is 1. The van der Waals surface area contributed by atoms with E-state index < -0.39 is 0 Å². The first-order valence-electron chi connectivity index (χ1n) is 10.7. The SMILES string of the molecule is COc1ccccc1C(=O)NC(=Cc1cn(C)c2ccccc12)C(=O)N1CCN(C)CC1. The average Bonchev–Trinajstić information content (AvgIpc) is 3.14. The summed E-state index contributed by atoms with van der Waals surface area (Å²) in [5, 5.41) is 3.89. The second-order valence-electron chi connectivity index (χ2n) is 8.02. The zero-order chi connectivity index (χ0) is 22.7. The lowest BCUT2D eigenvalue weighted by Crippen LogP contribution is -2.49. The molecule has 1 fully saturated rings. The fraction of sp³-hybridized carbons (Fsp3) is 0.280. The summed E-state index contributed by atoms with van der Waals surface area (Å²) in [7, 11) is 5.53. The minimum absolute atomic E-state index is 0.186. The monoisotopic (exact) mass is 432 g/mol. The largest absolute Gasteiger partial charge is 0.496 e. The highest BCUT2D eigenvalue weighted by Crippen LogP contribution is 2.23. The van der Waals surface area contributed by atoms with Gasteiger partial charge in [-0.25, -0.2) is 0 Å². The molecule has 2 amide bonds. The molecule has 0 unspecified atom stereocenters. The number of nitrogens with zero attached hydrogens (tertiary/aromatic N) is 3. The van der Waals surface area contributed by atoms with E-state index in [0.29, 0.717) is 24.4 Å². The van der Waals surface area contributed by atoms with Crippen LogP contribution in [0.1, 0.15) is 15.9 Å². The van der Waals surface area contributed by atoms with Crippen LogP contribution in [0.3, 0.4) is 0 Å². The van der Waals surface area contributed by atoms with Gasteiger partial charge in [-0.05, 0) is 31.3 Å². The van der Waals surface area contributed by atoms with Gasteiger partial charge in [0.25, 0.3) is 11.8 Å². The number of piperazine rings is 1. The van der Waals surface area contributed by atoms with E-state index in [1.165, 1.54) is 7.11 Å². The van der Waals surface area contributed by atoms with Gasteiger partial charge in [0.1, 0.15) is 11.4 Å². The van der Waals surface area contributed by atoms with Crippen molar-refractivity contribution in [3.8, 4) is 5.75 Å². The highest BCUT2D eigenvalue weighted by atomic mass is 16.5. The Balaban J connectivity index is 1.71. The van der Waals surface area contributed by atoms with Crippen LogP contribution in [-0.4, -0.2) is 66.5 Å². The first-order chi connectivity index (χ1) is 15.5. The highest BCUT2D eigenvalue weighted by Gasteiger charge is 2.25. The maximum absolute atomic E-state index is 13.5. The van der Waals surface area contributed by atoms with Gasteiger partial charge in [0.05, 0.1) is 12.7 Å². The number of fused-ring (bicyclic) bond motifs is 1. The number of para-hydroxylation sites is 2. The van der Waals surface area contributed by atoms with Gasteiger partial charge in [-0.2, -0.15) is 0 Å². The molecular formula is C25H28N4O3. The molecule has 3 aromatic rings. The fourth-order valence-corrected chi connectivity index (χ4v) is 4.00. The topological polar surface area (TPSA) is 66.8 Å². The van der Waals surface area contributed by atoms with Gasteiger partial charge < -0.3 is 24.4 Å². The Morgan fingerprint density at radius 1 is 0.969 bits per heavy atom. The summed E-state index contributed by atoms with van der Waals surface area (Å²) in [6, 6.07) is 15.0. The number of benzene rings is 2. The van der Waals surface area contributed by atoms with Crippen LogP contribution in [0.2, 0.25) is 0 Å². The second-order valence-corrected chi connectivity index (χ2v) is 8.02. The molecule has 1 aliphatic heterocycles. The van der Waals surface area contributed by atoms with Crippen LogP contribution in [0, 0.1) is 0 Å². The molecule has 1 aromatic heterocycles. The van der Waals surface area contributed by atoms with Crippen molar-refractivity contribution in [3.05, 3.63) is 71.6 Å². The number of hydrogen-bond acceptors (Lipinski definition) is 4. The number of aromatic nitrogens is 1. The number of carbonyl (C=O) groups excluding carboxylic acids is 2. The highest BCUT2D eigenvalue weighted by molar-refractivity contribution is 6.07. The van der Waals surface area contributed by atoms with Gasteiger partial charge in [0.15, 0.2) is 0 Å². The van der Waals surface area contributed by atoms with Gasteiger partial charge >= 0.3 is 0 Å². The van der Waals surface area contributed by atoms with E-state index in [1.807, 2.05) is 49.1 Å². The number of carbonyl (C=O) groups is 2. The second kappa shape index (κ2) is 9.28. The molecule has 2 aromatic carbocycles. The molecule has 0 bridgehead atoms.